The van der Waals surface area contributed by atoms with Crippen molar-refractivity contribution in [1.29, 1.82) is 0 Å². The van der Waals surface area contributed by atoms with Crippen LogP contribution in [0.3, 0.4) is 0 Å². The van der Waals surface area contributed by atoms with Crippen LogP contribution in [-0.2, 0) is 10.2 Å². The number of piperidine rings is 2. The lowest BCUT2D eigenvalue weighted by Crippen LogP contribution is -2.63. The summed E-state index contributed by atoms with van der Waals surface area (Å²) in [5.74, 6) is 0.324. The molecular formula is C18H22FNO2. The van der Waals surface area contributed by atoms with Gasteiger partial charge in [0.05, 0.1) is 0 Å². The van der Waals surface area contributed by atoms with Crippen LogP contribution in [0.15, 0.2) is 24.3 Å². The van der Waals surface area contributed by atoms with E-state index in [1.807, 2.05) is 37.8 Å². The normalized spacial score (nSPS) is 35.5. The van der Waals surface area contributed by atoms with Crippen molar-refractivity contribution in [2.24, 2.45) is 5.92 Å². The predicted octanol–water partition coefficient (Wildman–Crippen LogP) is 3.87. The Hall–Kier alpha value is -1.58. The highest BCUT2D eigenvalue weighted by molar-refractivity contribution is 5.71. The second-order valence-electron chi connectivity index (χ2n) is 8.02. The summed E-state index contributed by atoms with van der Waals surface area (Å²) >= 11 is 0. The Morgan fingerprint density at radius 1 is 1.27 bits per heavy atom. The Morgan fingerprint density at radius 2 is 1.95 bits per heavy atom. The van der Waals surface area contributed by atoms with Crippen molar-refractivity contribution in [2.75, 3.05) is 0 Å². The number of nitrogens with zero attached hydrogens (tertiary/aromatic N) is 1. The molecule has 0 aromatic heterocycles. The number of rotatable bonds is 1. The first kappa shape index (κ1) is 14.0. The van der Waals surface area contributed by atoms with Gasteiger partial charge in [-0.05, 0) is 63.6 Å². The third-order valence-electron chi connectivity index (χ3n) is 5.65. The summed E-state index contributed by atoms with van der Waals surface area (Å²) in [7, 11) is 0. The lowest BCUT2D eigenvalue weighted by Gasteiger charge is -2.57. The van der Waals surface area contributed by atoms with Crippen LogP contribution < -0.4 is 0 Å². The second-order valence-corrected chi connectivity index (χ2v) is 8.02. The minimum Gasteiger partial charge on any atom is -0.444 e. The van der Waals surface area contributed by atoms with Gasteiger partial charge in [0.1, 0.15) is 11.4 Å². The summed E-state index contributed by atoms with van der Waals surface area (Å²) in [4.78, 5) is 14.4. The van der Waals surface area contributed by atoms with Gasteiger partial charge in [0.15, 0.2) is 0 Å². The van der Waals surface area contributed by atoms with Crippen LogP contribution in [0.5, 0.6) is 0 Å². The van der Waals surface area contributed by atoms with Crippen LogP contribution in [0.2, 0.25) is 0 Å². The zero-order valence-electron chi connectivity index (χ0n) is 13.3. The highest BCUT2D eigenvalue weighted by Crippen LogP contribution is 2.66. The lowest BCUT2D eigenvalue weighted by atomic mass is 9.54. The first-order valence-electron chi connectivity index (χ1n) is 8.07. The highest BCUT2D eigenvalue weighted by atomic mass is 19.1. The van der Waals surface area contributed by atoms with E-state index in [0.717, 1.165) is 19.3 Å². The minimum absolute atomic E-state index is 0.168. The summed E-state index contributed by atoms with van der Waals surface area (Å²) in [5, 5.41) is 0. The molecule has 4 atom stereocenters. The van der Waals surface area contributed by atoms with Gasteiger partial charge in [0, 0.05) is 17.5 Å². The molecule has 1 saturated heterocycles. The van der Waals surface area contributed by atoms with Gasteiger partial charge in [0.25, 0.3) is 0 Å². The van der Waals surface area contributed by atoms with Gasteiger partial charge < -0.3 is 9.64 Å². The molecule has 0 spiro atoms. The molecule has 2 bridgehead atoms. The second kappa shape index (κ2) is 4.24. The molecule has 3 aliphatic rings. The molecule has 0 N–H and O–H groups in total. The Bertz CT molecular complexity index is 619. The number of halogens is 1. The van der Waals surface area contributed by atoms with Gasteiger partial charge in [-0.1, -0.05) is 12.1 Å². The van der Waals surface area contributed by atoms with Crippen LogP contribution in [-0.4, -0.2) is 28.7 Å². The average molecular weight is 303 g/mol. The maximum atomic E-state index is 13.2. The van der Waals surface area contributed by atoms with Crippen molar-refractivity contribution in [1.82, 2.24) is 4.90 Å². The third-order valence-corrected chi connectivity index (χ3v) is 5.65. The summed E-state index contributed by atoms with van der Waals surface area (Å²) < 4.78 is 18.7. The molecule has 2 aliphatic carbocycles. The number of fused-ring (bicyclic) bond motifs is 1. The van der Waals surface area contributed by atoms with Gasteiger partial charge in [0.2, 0.25) is 0 Å². The minimum atomic E-state index is -0.448. The average Bonchev–Trinajstić information content (AvgIpc) is 2.86. The number of amides is 1. The van der Waals surface area contributed by atoms with Crippen molar-refractivity contribution in [3.63, 3.8) is 0 Å². The van der Waals surface area contributed by atoms with E-state index in [9.17, 15) is 9.18 Å². The van der Waals surface area contributed by atoms with E-state index in [2.05, 4.69) is 0 Å². The van der Waals surface area contributed by atoms with Crippen molar-refractivity contribution >= 4 is 6.09 Å². The van der Waals surface area contributed by atoms with Crippen LogP contribution in [0.25, 0.3) is 0 Å². The molecule has 1 amide bonds. The lowest BCUT2D eigenvalue weighted by molar-refractivity contribution is -0.0445. The molecule has 118 valence electrons. The van der Waals surface area contributed by atoms with Crippen molar-refractivity contribution in [2.45, 2.75) is 63.1 Å². The first-order valence-corrected chi connectivity index (χ1v) is 8.07. The molecule has 4 heteroatoms. The summed E-state index contributed by atoms with van der Waals surface area (Å²) in [6.07, 6.45) is 2.86. The first-order chi connectivity index (χ1) is 10.3. The number of carbonyl (C=O) groups is 1. The fourth-order valence-corrected chi connectivity index (χ4v) is 4.89. The largest absolute Gasteiger partial charge is 0.444 e. The van der Waals surface area contributed by atoms with Crippen molar-refractivity contribution in [3.8, 4) is 0 Å². The number of benzene rings is 1. The fraction of sp³-hybridized carbons (Fsp3) is 0.611. The van der Waals surface area contributed by atoms with Crippen LogP contribution in [0.4, 0.5) is 9.18 Å². The fourth-order valence-electron chi connectivity index (χ4n) is 4.89. The molecule has 1 aromatic rings. The van der Waals surface area contributed by atoms with Gasteiger partial charge in [-0.25, -0.2) is 9.18 Å². The van der Waals surface area contributed by atoms with E-state index >= 15 is 0 Å². The molecule has 2 saturated carbocycles. The van der Waals surface area contributed by atoms with E-state index < -0.39 is 5.60 Å². The van der Waals surface area contributed by atoms with Crippen LogP contribution >= 0.6 is 0 Å². The SMILES string of the molecule is CC(C)(C)OC(=O)N1[C@H]2CC3[C@@H]1CC3(c1ccc(F)cc1)C2. The molecule has 1 aromatic carbocycles. The monoisotopic (exact) mass is 303 g/mol. The van der Waals surface area contributed by atoms with E-state index in [-0.39, 0.29) is 23.4 Å². The predicted molar refractivity (Wildman–Crippen MR) is 81.1 cm³/mol. The highest BCUT2D eigenvalue weighted by Gasteiger charge is 2.69. The third kappa shape index (κ3) is 1.82. The van der Waals surface area contributed by atoms with Gasteiger partial charge in [-0.15, -0.1) is 0 Å². The summed E-state index contributed by atoms with van der Waals surface area (Å²) in [5.41, 5.74) is 0.958. The molecule has 4 rings (SSSR count). The van der Waals surface area contributed by atoms with E-state index in [1.54, 1.807) is 12.1 Å². The Labute approximate surface area is 130 Å². The Morgan fingerprint density at radius 3 is 2.50 bits per heavy atom. The number of ether oxygens (including phenoxy) is 1. The molecule has 3 nitrogen and oxygen atoms in total. The van der Waals surface area contributed by atoms with E-state index in [0.29, 0.717) is 12.0 Å². The maximum Gasteiger partial charge on any atom is 0.410 e. The number of hydrogen-bond donors (Lipinski definition) is 0. The van der Waals surface area contributed by atoms with Gasteiger partial charge >= 0.3 is 6.09 Å². The van der Waals surface area contributed by atoms with E-state index in [1.165, 1.54) is 5.56 Å². The van der Waals surface area contributed by atoms with Crippen molar-refractivity contribution < 1.29 is 13.9 Å². The summed E-state index contributed by atoms with van der Waals surface area (Å²) in [6.45, 7) is 5.72. The smallest absolute Gasteiger partial charge is 0.410 e. The molecule has 1 aliphatic heterocycles. The Kier molecular flexibility index (Phi) is 2.71. The molecule has 0 radical (unpaired) electrons. The topological polar surface area (TPSA) is 29.5 Å². The van der Waals surface area contributed by atoms with Crippen LogP contribution in [0, 0.1) is 11.7 Å². The number of likely N-dealkylation sites (tertiary alicyclic amines) is 1. The quantitative estimate of drug-likeness (QED) is 0.788. The standard InChI is InChI=1S/C18H22FNO2/c1-17(2,3)22-16(21)20-13-8-14-15(20)10-18(14,9-13)11-4-6-12(19)7-5-11/h4-7,13-15H,8-10H2,1-3H3/t13-,14?,15-,18?/m0/s1. The number of hydrogen-bond acceptors (Lipinski definition) is 2. The Balaban J connectivity index is 1.54. The molecule has 3 fully saturated rings. The number of carbonyl (C=O) groups excluding carboxylic acids is 1. The van der Waals surface area contributed by atoms with E-state index in [4.69, 9.17) is 4.74 Å². The van der Waals surface area contributed by atoms with Crippen molar-refractivity contribution in [3.05, 3.63) is 35.6 Å². The van der Waals surface area contributed by atoms with Gasteiger partial charge in [-0.3, -0.25) is 0 Å². The molecule has 1 heterocycles. The summed E-state index contributed by atoms with van der Waals surface area (Å²) in [6, 6.07) is 7.53. The molecule has 2 unspecified atom stereocenters. The van der Waals surface area contributed by atoms with Crippen LogP contribution in [0.1, 0.15) is 45.6 Å². The zero-order valence-corrected chi connectivity index (χ0v) is 13.3. The van der Waals surface area contributed by atoms with Gasteiger partial charge in [-0.2, -0.15) is 0 Å². The molecule has 22 heavy (non-hydrogen) atoms. The molecular weight excluding hydrogens is 281 g/mol. The maximum absolute atomic E-state index is 13.2. The zero-order chi connectivity index (χ0) is 15.7.